The van der Waals surface area contributed by atoms with Crippen LogP contribution in [0.2, 0.25) is 0 Å². The lowest BCUT2D eigenvalue weighted by Crippen LogP contribution is -2.45. The number of ether oxygens (including phenoxy) is 1. The molecule has 0 heterocycles. The van der Waals surface area contributed by atoms with Gasteiger partial charge >= 0.3 is 5.97 Å². The fourth-order valence-corrected chi connectivity index (χ4v) is 4.13. The van der Waals surface area contributed by atoms with Gasteiger partial charge in [-0.05, 0) is 82.6 Å². The number of alkyl halides is 1. The molecule has 0 bridgehead atoms. The molecule has 2 unspecified atom stereocenters. The van der Waals surface area contributed by atoms with Crippen LogP contribution in [0.1, 0.15) is 75.7 Å². The molecule has 166 valence electrons. The molecule has 1 aliphatic rings. The summed E-state index contributed by atoms with van der Waals surface area (Å²) in [6, 6.07) is 0. The summed E-state index contributed by atoms with van der Waals surface area (Å²) < 4.78 is 6.10. The standard InChI is InChI=1S/C24H40ClNO3/c1-14-15(2)17(4)24(10,16(14)3)29-21(28)18(5)22(6,7)13-19(23(8,9)25)20(27)26(11)12/h18-19H,13H2,1-12H3. The van der Waals surface area contributed by atoms with Crippen LogP contribution in [0, 0.1) is 17.3 Å². The number of hydrogen-bond acceptors (Lipinski definition) is 3. The highest BCUT2D eigenvalue weighted by Crippen LogP contribution is 2.45. The number of hydrogen-bond donors (Lipinski definition) is 0. The Labute approximate surface area is 182 Å². The second-order valence-electron chi connectivity index (χ2n) is 10.2. The fraction of sp³-hybridized carbons (Fsp3) is 0.750. The third-order valence-corrected chi connectivity index (χ3v) is 7.51. The van der Waals surface area contributed by atoms with E-state index < -0.39 is 27.7 Å². The van der Waals surface area contributed by atoms with Gasteiger partial charge in [0, 0.05) is 14.1 Å². The maximum atomic E-state index is 13.2. The van der Waals surface area contributed by atoms with Crippen LogP contribution in [-0.2, 0) is 14.3 Å². The Balaban J connectivity index is 3.11. The van der Waals surface area contributed by atoms with Crippen molar-refractivity contribution < 1.29 is 14.3 Å². The fourth-order valence-electron chi connectivity index (χ4n) is 3.96. The molecule has 5 heteroatoms. The van der Waals surface area contributed by atoms with E-state index in [9.17, 15) is 9.59 Å². The quantitative estimate of drug-likeness (QED) is 0.385. The van der Waals surface area contributed by atoms with E-state index in [1.165, 1.54) is 11.1 Å². The van der Waals surface area contributed by atoms with E-state index in [2.05, 4.69) is 13.8 Å². The van der Waals surface area contributed by atoms with Gasteiger partial charge in [-0.2, -0.15) is 0 Å². The van der Waals surface area contributed by atoms with Gasteiger partial charge in [0.2, 0.25) is 5.91 Å². The minimum absolute atomic E-state index is 0.0230. The molecule has 0 spiro atoms. The molecule has 0 N–H and O–H groups in total. The zero-order valence-corrected chi connectivity index (χ0v) is 21.2. The normalized spacial score (nSPS) is 19.3. The average Bonchev–Trinajstić information content (AvgIpc) is 2.73. The number of allylic oxidation sites excluding steroid dienone is 2. The first kappa shape index (κ1) is 25.7. The van der Waals surface area contributed by atoms with E-state index in [0.717, 1.165) is 11.1 Å². The van der Waals surface area contributed by atoms with Crippen LogP contribution in [0.3, 0.4) is 0 Å². The summed E-state index contributed by atoms with van der Waals surface area (Å²) in [5.74, 6) is -1.07. The molecule has 4 nitrogen and oxygen atoms in total. The van der Waals surface area contributed by atoms with E-state index in [4.69, 9.17) is 16.3 Å². The third-order valence-electron chi connectivity index (χ3n) is 7.25. The first-order valence-electron chi connectivity index (χ1n) is 10.4. The minimum Gasteiger partial charge on any atom is -0.450 e. The highest BCUT2D eigenvalue weighted by atomic mass is 35.5. The highest BCUT2D eigenvalue weighted by molar-refractivity contribution is 6.25. The van der Waals surface area contributed by atoms with Gasteiger partial charge in [0.05, 0.1) is 16.7 Å². The molecule has 0 fully saturated rings. The zero-order chi connectivity index (χ0) is 23.1. The van der Waals surface area contributed by atoms with Crippen molar-refractivity contribution in [3.63, 3.8) is 0 Å². The predicted octanol–water partition coefficient (Wildman–Crippen LogP) is 5.75. The molecule has 0 aromatic carbocycles. The summed E-state index contributed by atoms with van der Waals surface area (Å²) in [5.41, 5.74) is 3.35. The summed E-state index contributed by atoms with van der Waals surface area (Å²) in [4.78, 5) is 26.8. The Hall–Kier alpha value is -1.29. The predicted molar refractivity (Wildman–Crippen MR) is 121 cm³/mol. The summed E-state index contributed by atoms with van der Waals surface area (Å²) in [7, 11) is 3.47. The molecule has 0 aliphatic heterocycles. The largest absolute Gasteiger partial charge is 0.450 e. The van der Waals surface area contributed by atoms with Crippen molar-refractivity contribution in [3.8, 4) is 0 Å². The Morgan fingerprint density at radius 1 is 1.03 bits per heavy atom. The van der Waals surface area contributed by atoms with Gasteiger partial charge in [0.15, 0.2) is 5.60 Å². The number of amides is 1. The molecule has 29 heavy (non-hydrogen) atoms. The Kier molecular flexibility index (Phi) is 7.50. The van der Waals surface area contributed by atoms with Crippen LogP contribution >= 0.6 is 11.6 Å². The SMILES string of the molecule is CC1=C(C)C(C)(OC(=O)C(C)C(C)(C)CC(C(=O)N(C)C)C(C)(C)Cl)C(C)=C1C. The summed E-state index contributed by atoms with van der Waals surface area (Å²) >= 11 is 6.58. The van der Waals surface area contributed by atoms with E-state index in [0.29, 0.717) is 6.42 Å². The number of halogens is 1. The van der Waals surface area contributed by atoms with E-state index in [-0.39, 0.29) is 11.9 Å². The van der Waals surface area contributed by atoms with Crippen LogP contribution in [0.15, 0.2) is 22.3 Å². The second kappa shape index (κ2) is 8.45. The van der Waals surface area contributed by atoms with E-state index in [1.807, 2.05) is 55.4 Å². The van der Waals surface area contributed by atoms with Crippen molar-refractivity contribution in [2.75, 3.05) is 14.1 Å². The van der Waals surface area contributed by atoms with Crippen LogP contribution < -0.4 is 0 Å². The summed E-state index contributed by atoms with van der Waals surface area (Å²) in [5, 5.41) is 0. The Morgan fingerprint density at radius 2 is 1.45 bits per heavy atom. The lowest BCUT2D eigenvalue weighted by molar-refractivity contribution is -0.161. The van der Waals surface area contributed by atoms with Gasteiger partial charge in [0.1, 0.15) is 0 Å². The molecule has 1 aliphatic carbocycles. The molecule has 0 aromatic rings. The number of rotatable bonds is 7. The first-order valence-corrected chi connectivity index (χ1v) is 10.7. The van der Waals surface area contributed by atoms with E-state index >= 15 is 0 Å². The molecular formula is C24H40ClNO3. The summed E-state index contributed by atoms with van der Waals surface area (Å²) in [6.45, 7) is 19.8. The third kappa shape index (κ3) is 5.07. The van der Waals surface area contributed by atoms with Crippen LogP contribution in [0.4, 0.5) is 0 Å². The van der Waals surface area contributed by atoms with Crippen LogP contribution in [-0.4, -0.2) is 41.3 Å². The van der Waals surface area contributed by atoms with Gasteiger partial charge in [-0.25, -0.2) is 0 Å². The maximum Gasteiger partial charge on any atom is 0.310 e. The smallest absolute Gasteiger partial charge is 0.310 e. The topological polar surface area (TPSA) is 46.6 Å². The molecule has 0 radical (unpaired) electrons. The van der Waals surface area contributed by atoms with Crippen molar-refractivity contribution in [1.29, 1.82) is 0 Å². The van der Waals surface area contributed by atoms with Gasteiger partial charge in [0.25, 0.3) is 0 Å². The number of carbonyl (C=O) groups excluding carboxylic acids is 2. The molecule has 2 atom stereocenters. The molecule has 0 saturated carbocycles. The van der Waals surface area contributed by atoms with Crippen molar-refractivity contribution in [2.45, 2.75) is 86.1 Å². The molecule has 1 rings (SSSR count). The van der Waals surface area contributed by atoms with Gasteiger partial charge in [-0.1, -0.05) is 20.8 Å². The number of esters is 1. The van der Waals surface area contributed by atoms with Gasteiger partial charge in [-0.3, -0.25) is 9.59 Å². The lowest BCUT2D eigenvalue weighted by atomic mass is 9.70. The van der Waals surface area contributed by atoms with Gasteiger partial charge < -0.3 is 9.64 Å². The van der Waals surface area contributed by atoms with Crippen LogP contribution in [0.5, 0.6) is 0 Å². The maximum absolute atomic E-state index is 13.2. The monoisotopic (exact) mass is 425 g/mol. The minimum atomic E-state index is -0.716. The average molecular weight is 426 g/mol. The second-order valence-corrected chi connectivity index (χ2v) is 11.2. The van der Waals surface area contributed by atoms with Gasteiger partial charge in [-0.15, -0.1) is 11.6 Å². The van der Waals surface area contributed by atoms with Crippen molar-refractivity contribution in [3.05, 3.63) is 22.3 Å². The molecular weight excluding hydrogens is 386 g/mol. The van der Waals surface area contributed by atoms with E-state index in [1.54, 1.807) is 19.0 Å². The zero-order valence-electron chi connectivity index (χ0n) is 20.4. The van der Waals surface area contributed by atoms with Crippen LogP contribution in [0.25, 0.3) is 0 Å². The lowest BCUT2D eigenvalue weighted by Gasteiger charge is -2.39. The Bertz CT molecular complexity index is 714. The molecule has 1 amide bonds. The first-order chi connectivity index (χ1) is 12.9. The molecule has 0 saturated heterocycles. The molecule has 0 aromatic heterocycles. The highest BCUT2D eigenvalue weighted by Gasteiger charge is 2.45. The van der Waals surface area contributed by atoms with Crippen molar-refractivity contribution in [2.24, 2.45) is 17.3 Å². The van der Waals surface area contributed by atoms with Crippen molar-refractivity contribution >= 4 is 23.5 Å². The number of nitrogens with zero attached hydrogens (tertiary/aromatic N) is 1. The summed E-state index contributed by atoms with van der Waals surface area (Å²) in [6.07, 6.45) is 0.495. The van der Waals surface area contributed by atoms with Crippen molar-refractivity contribution in [1.82, 2.24) is 4.90 Å². The number of carbonyl (C=O) groups is 2. The Morgan fingerprint density at radius 3 is 1.79 bits per heavy atom.